The van der Waals surface area contributed by atoms with E-state index in [4.69, 9.17) is 0 Å². The van der Waals surface area contributed by atoms with E-state index in [1.165, 1.54) is 12.8 Å². The Hall–Kier alpha value is -0.890. The summed E-state index contributed by atoms with van der Waals surface area (Å²) in [6.07, 6.45) is 4.60. The molecular weight excluding hydrogens is 213 g/mol. The Bertz CT molecular complexity index is 367. The van der Waals surface area contributed by atoms with Gasteiger partial charge >= 0.3 is 0 Å². The van der Waals surface area contributed by atoms with Crippen molar-refractivity contribution in [3.63, 3.8) is 0 Å². The van der Waals surface area contributed by atoms with E-state index in [1.807, 2.05) is 19.2 Å². The molecular formula is C15H22FN. The van der Waals surface area contributed by atoms with E-state index in [0.717, 1.165) is 30.9 Å². The molecule has 0 unspecified atom stereocenters. The van der Waals surface area contributed by atoms with E-state index in [0.29, 0.717) is 0 Å². The third kappa shape index (κ3) is 2.52. The second kappa shape index (κ2) is 5.18. The lowest BCUT2D eigenvalue weighted by molar-refractivity contribution is 0.231. The molecule has 1 nitrogen and oxygen atoms in total. The number of hydrogen-bond acceptors (Lipinski definition) is 1. The first-order chi connectivity index (χ1) is 8.18. The maximum Gasteiger partial charge on any atom is 0.127 e. The summed E-state index contributed by atoms with van der Waals surface area (Å²) in [4.78, 5) is 0. The Kier molecular flexibility index (Phi) is 3.82. The largest absolute Gasteiger partial charge is 0.319 e. The van der Waals surface area contributed by atoms with E-state index in [9.17, 15) is 4.39 Å². The van der Waals surface area contributed by atoms with E-state index >= 15 is 0 Å². The second-order valence-electron chi connectivity index (χ2n) is 5.47. The zero-order chi connectivity index (χ0) is 12.3. The molecule has 0 aliphatic heterocycles. The smallest absolute Gasteiger partial charge is 0.127 e. The van der Waals surface area contributed by atoms with Gasteiger partial charge in [0, 0.05) is 12.0 Å². The van der Waals surface area contributed by atoms with Crippen LogP contribution < -0.4 is 5.32 Å². The molecule has 1 aromatic carbocycles. The molecule has 0 heterocycles. The fourth-order valence-corrected chi connectivity index (χ4v) is 3.09. The molecule has 1 N–H and O–H groups in total. The highest BCUT2D eigenvalue weighted by molar-refractivity contribution is 5.28. The molecule has 0 spiro atoms. The molecule has 2 rings (SSSR count). The van der Waals surface area contributed by atoms with E-state index in [1.54, 1.807) is 12.1 Å². The third-order valence-electron chi connectivity index (χ3n) is 4.19. The Morgan fingerprint density at radius 3 is 2.53 bits per heavy atom. The summed E-state index contributed by atoms with van der Waals surface area (Å²) < 4.78 is 14.0. The summed E-state index contributed by atoms with van der Waals surface area (Å²) in [6.45, 7) is 3.17. The number of benzene rings is 1. The molecule has 94 valence electrons. The zero-order valence-electron chi connectivity index (χ0n) is 10.8. The lowest BCUT2D eigenvalue weighted by atomic mass is 9.66. The summed E-state index contributed by atoms with van der Waals surface area (Å²) in [7, 11) is 1.96. The second-order valence-corrected chi connectivity index (χ2v) is 5.47. The van der Waals surface area contributed by atoms with Crippen LogP contribution in [-0.2, 0) is 5.41 Å². The average Bonchev–Trinajstić information content (AvgIpc) is 2.33. The van der Waals surface area contributed by atoms with Crippen molar-refractivity contribution in [2.24, 2.45) is 5.92 Å². The van der Waals surface area contributed by atoms with Crippen LogP contribution in [0.3, 0.4) is 0 Å². The molecule has 2 heteroatoms. The van der Waals surface area contributed by atoms with Crippen LogP contribution in [0, 0.1) is 11.7 Å². The Balaban J connectivity index is 2.31. The van der Waals surface area contributed by atoms with Crippen molar-refractivity contribution in [3.8, 4) is 0 Å². The van der Waals surface area contributed by atoms with Gasteiger partial charge in [-0.1, -0.05) is 25.1 Å². The predicted molar refractivity (Wildman–Crippen MR) is 69.6 cm³/mol. The minimum atomic E-state index is -0.0442. The fourth-order valence-electron chi connectivity index (χ4n) is 3.09. The SMILES string of the molecule is CNCC1(c2ccccc2F)CCC(C)CC1. The van der Waals surface area contributed by atoms with Crippen LogP contribution in [0.4, 0.5) is 4.39 Å². The highest BCUT2D eigenvalue weighted by Gasteiger charge is 2.36. The minimum absolute atomic E-state index is 0.00655. The average molecular weight is 235 g/mol. The van der Waals surface area contributed by atoms with Crippen molar-refractivity contribution < 1.29 is 4.39 Å². The molecule has 0 bridgehead atoms. The van der Waals surface area contributed by atoms with Gasteiger partial charge in [-0.15, -0.1) is 0 Å². The van der Waals surface area contributed by atoms with Gasteiger partial charge in [-0.2, -0.15) is 0 Å². The lowest BCUT2D eigenvalue weighted by Crippen LogP contribution is -2.40. The molecule has 17 heavy (non-hydrogen) atoms. The molecule has 0 amide bonds. The van der Waals surface area contributed by atoms with E-state index in [2.05, 4.69) is 12.2 Å². The number of hydrogen-bond donors (Lipinski definition) is 1. The Morgan fingerprint density at radius 2 is 1.94 bits per heavy atom. The van der Waals surface area contributed by atoms with Gasteiger partial charge < -0.3 is 5.32 Å². The van der Waals surface area contributed by atoms with Gasteiger partial charge in [0.2, 0.25) is 0 Å². The third-order valence-corrected chi connectivity index (χ3v) is 4.19. The van der Waals surface area contributed by atoms with Crippen LogP contribution in [-0.4, -0.2) is 13.6 Å². The lowest BCUT2D eigenvalue weighted by Gasteiger charge is -2.40. The standard InChI is InChI=1S/C15H22FN/c1-12-7-9-15(10-8-12,11-17-2)13-5-3-4-6-14(13)16/h3-6,12,17H,7-11H2,1-2H3. The fraction of sp³-hybridized carbons (Fsp3) is 0.600. The van der Waals surface area contributed by atoms with Crippen molar-refractivity contribution in [2.45, 2.75) is 38.0 Å². The molecule has 1 fully saturated rings. The van der Waals surface area contributed by atoms with Crippen molar-refractivity contribution >= 4 is 0 Å². The van der Waals surface area contributed by atoms with Crippen LogP contribution in [0.1, 0.15) is 38.2 Å². The number of likely N-dealkylation sites (N-methyl/N-ethyl adjacent to an activating group) is 1. The van der Waals surface area contributed by atoms with E-state index in [-0.39, 0.29) is 11.2 Å². The van der Waals surface area contributed by atoms with Gasteiger partial charge in [-0.05, 0) is 50.3 Å². The molecule has 0 aromatic heterocycles. The highest BCUT2D eigenvalue weighted by atomic mass is 19.1. The van der Waals surface area contributed by atoms with Crippen molar-refractivity contribution in [1.29, 1.82) is 0 Å². The quantitative estimate of drug-likeness (QED) is 0.845. The first kappa shape index (κ1) is 12.6. The maximum absolute atomic E-state index is 14.0. The molecule has 0 saturated heterocycles. The Morgan fingerprint density at radius 1 is 1.29 bits per heavy atom. The van der Waals surface area contributed by atoms with Gasteiger partial charge in [0.25, 0.3) is 0 Å². The van der Waals surface area contributed by atoms with Gasteiger partial charge in [0.05, 0.1) is 0 Å². The van der Waals surface area contributed by atoms with Crippen LogP contribution in [0.15, 0.2) is 24.3 Å². The normalized spacial score (nSPS) is 29.2. The zero-order valence-corrected chi connectivity index (χ0v) is 10.8. The molecule has 1 saturated carbocycles. The van der Waals surface area contributed by atoms with Crippen LogP contribution in [0.5, 0.6) is 0 Å². The molecule has 1 aromatic rings. The number of rotatable bonds is 3. The molecule has 1 aliphatic rings. The summed E-state index contributed by atoms with van der Waals surface area (Å²) in [5, 5.41) is 3.25. The highest BCUT2D eigenvalue weighted by Crippen LogP contribution is 2.41. The summed E-state index contributed by atoms with van der Waals surface area (Å²) in [6, 6.07) is 7.28. The number of nitrogens with one attached hydrogen (secondary N) is 1. The molecule has 0 atom stereocenters. The van der Waals surface area contributed by atoms with Gasteiger partial charge in [0.1, 0.15) is 5.82 Å². The first-order valence-corrected chi connectivity index (χ1v) is 6.57. The monoisotopic (exact) mass is 235 g/mol. The van der Waals surface area contributed by atoms with Gasteiger partial charge in [-0.25, -0.2) is 4.39 Å². The predicted octanol–water partition coefficient (Wildman–Crippen LogP) is 3.49. The number of halogens is 1. The topological polar surface area (TPSA) is 12.0 Å². The summed E-state index contributed by atoms with van der Waals surface area (Å²) in [5.74, 6) is 0.740. The first-order valence-electron chi connectivity index (χ1n) is 6.57. The maximum atomic E-state index is 14.0. The summed E-state index contributed by atoms with van der Waals surface area (Å²) >= 11 is 0. The van der Waals surface area contributed by atoms with Crippen molar-refractivity contribution in [1.82, 2.24) is 5.32 Å². The van der Waals surface area contributed by atoms with Crippen molar-refractivity contribution in [3.05, 3.63) is 35.6 Å². The minimum Gasteiger partial charge on any atom is -0.319 e. The van der Waals surface area contributed by atoms with Gasteiger partial charge in [0.15, 0.2) is 0 Å². The Labute approximate surface area is 103 Å². The summed E-state index contributed by atoms with van der Waals surface area (Å²) in [5.41, 5.74) is 0.910. The van der Waals surface area contributed by atoms with Crippen LogP contribution in [0.2, 0.25) is 0 Å². The molecule has 0 radical (unpaired) electrons. The van der Waals surface area contributed by atoms with Crippen LogP contribution >= 0.6 is 0 Å². The van der Waals surface area contributed by atoms with Gasteiger partial charge in [-0.3, -0.25) is 0 Å². The van der Waals surface area contributed by atoms with Crippen LogP contribution in [0.25, 0.3) is 0 Å². The van der Waals surface area contributed by atoms with E-state index < -0.39 is 0 Å². The molecule has 1 aliphatic carbocycles. The van der Waals surface area contributed by atoms with Crippen molar-refractivity contribution in [2.75, 3.05) is 13.6 Å².